The summed E-state index contributed by atoms with van der Waals surface area (Å²) in [6.07, 6.45) is 1.39. The molecule has 0 bridgehead atoms. The Bertz CT molecular complexity index is 596. The van der Waals surface area contributed by atoms with E-state index in [-0.39, 0.29) is 18.1 Å². The van der Waals surface area contributed by atoms with Gasteiger partial charge in [0.2, 0.25) is 5.88 Å². The molecule has 1 heterocycles. The number of hydrogen-bond acceptors (Lipinski definition) is 3. The van der Waals surface area contributed by atoms with Crippen LogP contribution in [0.25, 0.3) is 11.1 Å². The van der Waals surface area contributed by atoms with Crippen LogP contribution in [0.4, 0.5) is 4.39 Å². The number of nitrogens with zero attached hydrogens (tertiary/aromatic N) is 1. The maximum absolute atomic E-state index is 12.9. The van der Waals surface area contributed by atoms with Gasteiger partial charge in [-0.15, -0.1) is 0 Å². The number of aromatic nitrogens is 1. The molecule has 0 radical (unpaired) electrons. The highest BCUT2D eigenvalue weighted by atomic mass is 19.1. The van der Waals surface area contributed by atoms with Crippen molar-refractivity contribution in [2.24, 2.45) is 0 Å². The van der Waals surface area contributed by atoms with Gasteiger partial charge < -0.3 is 9.84 Å². The van der Waals surface area contributed by atoms with Crippen molar-refractivity contribution in [3.05, 3.63) is 47.9 Å². The number of carboxylic acids is 1. The van der Waals surface area contributed by atoms with Gasteiger partial charge in [-0.1, -0.05) is 12.1 Å². The summed E-state index contributed by atoms with van der Waals surface area (Å²) in [5, 5.41) is 8.85. The third-order valence-electron chi connectivity index (χ3n) is 2.64. The first kappa shape index (κ1) is 13.0. The number of hydrogen-bond donors (Lipinski definition) is 1. The van der Waals surface area contributed by atoms with Crippen LogP contribution in [0, 0.1) is 5.82 Å². The Morgan fingerprint density at radius 2 is 2.00 bits per heavy atom. The molecule has 5 heteroatoms. The number of ether oxygens (including phenoxy) is 1. The minimum Gasteiger partial charge on any atom is -0.481 e. The molecule has 2 rings (SSSR count). The normalized spacial score (nSPS) is 10.2. The second kappa shape index (κ2) is 5.48. The highest BCUT2D eigenvalue weighted by Crippen LogP contribution is 2.24. The van der Waals surface area contributed by atoms with Crippen LogP contribution in [0.5, 0.6) is 5.88 Å². The highest BCUT2D eigenvalue weighted by Gasteiger charge is 2.11. The summed E-state index contributed by atoms with van der Waals surface area (Å²) in [6.45, 7) is 0. The molecule has 0 saturated carbocycles. The number of carboxylic acid groups (broad SMARTS) is 1. The minimum atomic E-state index is -0.962. The van der Waals surface area contributed by atoms with Crippen molar-refractivity contribution in [3.8, 4) is 17.0 Å². The number of benzene rings is 1. The summed E-state index contributed by atoms with van der Waals surface area (Å²) in [6, 6.07) is 7.60. The standard InChI is InChI=1S/C14H12FNO3/c1-19-14-10(7-13(17)18)6-11(8-16-14)9-2-4-12(15)5-3-9/h2-6,8H,7H2,1H3,(H,17,18). The second-order valence-corrected chi connectivity index (χ2v) is 3.97. The van der Waals surface area contributed by atoms with Crippen molar-refractivity contribution in [2.75, 3.05) is 7.11 Å². The van der Waals surface area contributed by atoms with Gasteiger partial charge in [-0.05, 0) is 23.8 Å². The quantitative estimate of drug-likeness (QED) is 0.918. The van der Waals surface area contributed by atoms with Gasteiger partial charge in [0.15, 0.2) is 0 Å². The lowest BCUT2D eigenvalue weighted by molar-refractivity contribution is -0.136. The van der Waals surface area contributed by atoms with Crippen molar-refractivity contribution in [1.29, 1.82) is 0 Å². The molecule has 0 aliphatic carbocycles. The lowest BCUT2D eigenvalue weighted by Crippen LogP contribution is -2.04. The molecule has 98 valence electrons. The molecular weight excluding hydrogens is 249 g/mol. The molecule has 0 aliphatic rings. The van der Waals surface area contributed by atoms with Crippen molar-refractivity contribution >= 4 is 5.97 Å². The van der Waals surface area contributed by atoms with Crippen molar-refractivity contribution < 1.29 is 19.0 Å². The van der Waals surface area contributed by atoms with Crippen molar-refractivity contribution in [2.45, 2.75) is 6.42 Å². The Balaban J connectivity index is 2.42. The predicted molar refractivity (Wildman–Crippen MR) is 67.5 cm³/mol. The first-order valence-electron chi connectivity index (χ1n) is 5.61. The van der Waals surface area contributed by atoms with Gasteiger partial charge in [0.05, 0.1) is 13.5 Å². The van der Waals surface area contributed by atoms with Gasteiger partial charge >= 0.3 is 5.97 Å². The van der Waals surface area contributed by atoms with Crippen LogP contribution in [0.3, 0.4) is 0 Å². The molecule has 1 N–H and O–H groups in total. The molecular formula is C14H12FNO3. The van der Waals surface area contributed by atoms with Gasteiger partial charge in [-0.25, -0.2) is 9.37 Å². The number of methoxy groups -OCH3 is 1. The molecule has 0 amide bonds. The van der Waals surface area contributed by atoms with E-state index in [1.54, 1.807) is 24.4 Å². The summed E-state index contributed by atoms with van der Waals surface area (Å²) in [4.78, 5) is 14.9. The van der Waals surface area contributed by atoms with Gasteiger partial charge in [0.1, 0.15) is 5.82 Å². The smallest absolute Gasteiger partial charge is 0.308 e. The van der Waals surface area contributed by atoms with E-state index in [0.717, 1.165) is 11.1 Å². The van der Waals surface area contributed by atoms with E-state index in [1.807, 2.05) is 0 Å². The fourth-order valence-corrected chi connectivity index (χ4v) is 1.77. The van der Waals surface area contributed by atoms with E-state index in [9.17, 15) is 9.18 Å². The van der Waals surface area contributed by atoms with Crippen molar-refractivity contribution in [3.63, 3.8) is 0 Å². The van der Waals surface area contributed by atoms with E-state index in [2.05, 4.69) is 4.98 Å². The van der Waals surface area contributed by atoms with E-state index in [0.29, 0.717) is 5.56 Å². The lowest BCUT2D eigenvalue weighted by atomic mass is 10.0. The Kier molecular flexibility index (Phi) is 3.75. The largest absolute Gasteiger partial charge is 0.481 e. The fraction of sp³-hybridized carbons (Fsp3) is 0.143. The van der Waals surface area contributed by atoms with Crippen LogP contribution in [0.15, 0.2) is 36.5 Å². The third kappa shape index (κ3) is 3.07. The number of carbonyl (C=O) groups is 1. The lowest BCUT2D eigenvalue weighted by Gasteiger charge is -2.08. The summed E-state index contributed by atoms with van der Waals surface area (Å²) in [5.74, 6) is -0.999. The SMILES string of the molecule is COc1ncc(-c2ccc(F)cc2)cc1CC(=O)O. The zero-order valence-corrected chi connectivity index (χ0v) is 10.3. The molecule has 0 aliphatic heterocycles. The monoisotopic (exact) mass is 261 g/mol. The molecule has 0 spiro atoms. The molecule has 0 fully saturated rings. The van der Waals surface area contributed by atoms with E-state index in [1.165, 1.54) is 19.2 Å². The summed E-state index contributed by atoms with van der Waals surface area (Å²) < 4.78 is 17.9. The number of halogens is 1. The van der Waals surface area contributed by atoms with Gasteiger partial charge in [-0.2, -0.15) is 0 Å². The summed E-state index contributed by atoms with van der Waals surface area (Å²) >= 11 is 0. The fourth-order valence-electron chi connectivity index (χ4n) is 1.77. The zero-order chi connectivity index (χ0) is 13.8. The Hall–Kier alpha value is -2.43. The van der Waals surface area contributed by atoms with Gasteiger partial charge in [0, 0.05) is 17.3 Å². The first-order chi connectivity index (χ1) is 9.10. The highest BCUT2D eigenvalue weighted by molar-refractivity contribution is 5.73. The maximum atomic E-state index is 12.9. The van der Waals surface area contributed by atoms with Crippen LogP contribution >= 0.6 is 0 Å². The predicted octanol–water partition coefficient (Wildman–Crippen LogP) is 2.52. The van der Waals surface area contributed by atoms with E-state index < -0.39 is 5.97 Å². The Labute approximate surface area is 109 Å². The topological polar surface area (TPSA) is 59.4 Å². The minimum absolute atomic E-state index is 0.175. The first-order valence-corrected chi connectivity index (χ1v) is 5.61. The molecule has 1 aromatic heterocycles. The van der Waals surface area contributed by atoms with E-state index >= 15 is 0 Å². The van der Waals surface area contributed by atoms with Crippen molar-refractivity contribution in [1.82, 2.24) is 4.98 Å². The molecule has 2 aromatic rings. The Morgan fingerprint density at radius 3 is 2.58 bits per heavy atom. The molecule has 19 heavy (non-hydrogen) atoms. The second-order valence-electron chi connectivity index (χ2n) is 3.97. The zero-order valence-electron chi connectivity index (χ0n) is 10.3. The number of pyridine rings is 1. The average molecular weight is 261 g/mol. The molecule has 0 unspecified atom stereocenters. The van der Waals surface area contributed by atoms with Crippen LogP contribution in [-0.2, 0) is 11.2 Å². The van der Waals surface area contributed by atoms with Crippen LogP contribution in [-0.4, -0.2) is 23.2 Å². The van der Waals surface area contributed by atoms with Gasteiger partial charge in [-0.3, -0.25) is 4.79 Å². The maximum Gasteiger partial charge on any atom is 0.308 e. The van der Waals surface area contributed by atoms with Gasteiger partial charge in [0.25, 0.3) is 0 Å². The number of rotatable bonds is 4. The summed E-state index contributed by atoms with van der Waals surface area (Å²) in [5.41, 5.74) is 1.97. The third-order valence-corrected chi connectivity index (χ3v) is 2.64. The van der Waals surface area contributed by atoms with Crippen LogP contribution in [0.1, 0.15) is 5.56 Å². The average Bonchev–Trinajstić information content (AvgIpc) is 2.39. The van der Waals surface area contributed by atoms with Crippen LogP contribution in [0.2, 0.25) is 0 Å². The number of aliphatic carboxylic acids is 1. The molecule has 1 aromatic carbocycles. The Morgan fingerprint density at radius 1 is 1.32 bits per heavy atom. The van der Waals surface area contributed by atoms with Crippen LogP contribution < -0.4 is 4.74 Å². The summed E-state index contributed by atoms with van der Waals surface area (Å²) in [7, 11) is 1.44. The molecule has 0 atom stereocenters. The molecule has 0 saturated heterocycles. The molecule has 4 nitrogen and oxygen atoms in total. The van der Waals surface area contributed by atoms with E-state index in [4.69, 9.17) is 9.84 Å².